The fourth-order valence-corrected chi connectivity index (χ4v) is 3.70. The van der Waals surface area contributed by atoms with Crippen LogP contribution in [0.2, 0.25) is 0 Å². The van der Waals surface area contributed by atoms with Crippen LogP contribution in [0.5, 0.6) is 17.2 Å². The molecule has 7 nitrogen and oxygen atoms in total. The first-order valence-electron chi connectivity index (χ1n) is 10.2. The minimum Gasteiger partial charge on any atom is -0.497 e. The number of methoxy groups -OCH3 is 3. The Morgan fingerprint density at radius 3 is 2.42 bits per heavy atom. The van der Waals surface area contributed by atoms with E-state index >= 15 is 0 Å². The molecule has 0 spiro atoms. The fraction of sp³-hybridized carbons (Fsp3) is 0.435. The third kappa shape index (κ3) is 6.81. The summed E-state index contributed by atoms with van der Waals surface area (Å²) in [4.78, 5) is 6.72. The number of guanidine groups is 1. The number of nitrogens with zero attached hydrogens (tertiary/aromatic N) is 2. The van der Waals surface area contributed by atoms with Gasteiger partial charge in [-0.3, -0.25) is 4.99 Å². The van der Waals surface area contributed by atoms with Gasteiger partial charge in [0, 0.05) is 56.6 Å². The standard InChI is InChI=1S/C23H32N4O3.HI/c1-24-23(25-11-9-17-7-5-6-8-22(17)30-4)26-18-10-12-27(16-18)19-13-20(28-2)15-21(14-19)29-3;/h5-8,13-15,18H,9-12,16H2,1-4H3,(H2,24,25,26);1H. The Labute approximate surface area is 202 Å². The van der Waals surface area contributed by atoms with Crippen molar-refractivity contribution >= 4 is 35.6 Å². The lowest BCUT2D eigenvalue weighted by Gasteiger charge is -2.21. The van der Waals surface area contributed by atoms with Crippen LogP contribution >= 0.6 is 24.0 Å². The molecule has 31 heavy (non-hydrogen) atoms. The smallest absolute Gasteiger partial charge is 0.191 e. The topological polar surface area (TPSA) is 67.4 Å². The molecule has 1 aliphatic rings. The Morgan fingerprint density at radius 2 is 1.77 bits per heavy atom. The van der Waals surface area contributed by atoms with Crippen molar-refractivity contribution in [2.75, 3.05) is 52.9 Å². The van der Waals surface area contributed by atoms with E-state index < -0.39 is 0 Å². The Bertz CT molecular complexity index is 840. The SMILES string of the molecule is CN=C(NCCc1ccccc1OC)NC1CCN(c2cc(OC)cc(OC)c2)C1.I. The van der Waals surface area contributed by atoms with Gasteiger partial charge in [0.05, 0.1) is 21.3 Å². The van der Waals surface area contributed by atoms with E-state index in [1.54, 1.807) is 28.4 Å². The van der Waals surface area contributed by atoms with E-state index in [2.05, 4.69) is 26.6 Å². The van der Waals surface area contributed by atoms with Crippen molar-refractivity contribution in [3.8, 4) is 17.2 Å². The number of benzene rings is 2. The Kier molecular flexibility index (Phi) is 10.0. The molecule has 0 radical (unpaired) electrons. The maximum atomic E-state index is 5.43. The molecule has 0 saturated carbocycles. The molecule has 8 heteroatoms. The van der Waals surface area contributed by atoms with Gasteiger partial charge in [0.2, 0.25) is 0 Å². The van der Waals surface area contributed by atoms with Crippen molar-refractivity contribution in [2.45, 2.75) is 18.9 Å². The highest BCUT2D eigenvalue weighted by Gasteiger charge is 2.24. The maximum Gasteiger partial charge on any atom is 0.191 e. The Morgan fingerprint density at radius 1 is 1.06 bits per heavy atom. The number of ether oxygens (including phenoxy) is 3. The second-order valence-corrected chi connectivity index (χ2v) is 7.21. The first-order chi connectivity index (χ1) is 14.7. The quantitative estimate of drug-likeness (QED) is 0.305. The zero-order chi connectivity index (χ0) is 21.3. The summed E-state index contributed by atoms with van der Waals surface area (Å²) in [6.07, 6.45) is 1.90. The van der Waals surface area contributed by atoms with Crippen LogP contribution in [0.15, 0.2) is 47.5 Å². The monoisotopic (exact) mass is 540 g/mol. The minimum absolute atomic E-state index is 0. The van der Waals surface area contributed by atoms with Crippen LogP contribution in [0, 0.1) is 0 Å². The van der Waals surface area contributed by atoms with Gasteiger partial charge in [0.1, 0.15) is 17.2 Å². The molecule has 1 fully saturated rings. The van der Waals surface area contributed by atoms with Crippen LogP contribution < -0.4 is 29.7 Å². The number of anilines is 1. The van der Waals surface area contributed by atoms with Crippen LogP contribution in [0.4, 0.5) is 5.69 Å². The predicted molar refractivity (Wildman–Crippen MR) is 137 cm³/mol. The van der Waals surface area contributed by atoms with Gasteiger partial charge in [-0.25, -0.2) is 0 Å². The summed E-state index contributed by atoms with van der Waals surface area (Å²) >= 11 is 0. The number of aliphatic imine (C=N–C) groups is 1. The molecule has 0 amide bonds. The molecule has 1 aliphatic heterocycles. The number of rotatable bonds is 8. The first kappa shape index (κ1) is 24.9. The molecule has 1 atom stereocenters. The summed E-state index contributed by atoms with van der Waals surface area (Å²) in [5, 5.41) is 6.95. The summed E-state index contributed by atoms with van der Waals surface area (Å²) < 4.78 is 16.2. The summed E-state index contributed by atoms with van der Waals surface area (Å²) in [6, 6.07) is 14.4. The van der Waals surface area contributed by atoms with E-state index in [4.69, 9.17) is 14.2 Å². The molecular formula is C23H33IN4O3. The number of para-hydroxylation sites is 1. The van der Waals surface area contributed by atoms with Gasteiger partial charge in [0.25, 0.3) is 0 Å². The highest BCUT2D eigenvalue weighted by atomic mass is 127. The van der Waals surface area contributed by atoms with Crippen molar-refractivity contribution in [1.29, 1.82) is 0 Å². The molecular weight excluding hydrogens is 507 g/mol. The normalized spacial score (nSPS) is 15.8. The minimum atomic E-state index is 0. The number of hydrogen-bond donors (Lipinski definition) is 2. The molecule has 1 saturated heterocycles. The molecule has 0 aromatic heterocycles. The van der Waals surface area contributed by atoms with E-state index in [1.807, 2.05) is 36.4 Å². The maximum absolute atomic E-state index is 5.43. The zero-order valence-electron chi connectivity index (χ0n) is 18.7. The molecule has 2 aromatic carbocycles. The van der Waals surface area contributed by atoms with E-state index in [0.717, 1.165) is 61.4 Å². The molecule has 2 aromatic rings. The van der Waals surface area contributed by atoms with Gasteiger partial charge in [-0.05, 0) is 24.5 Å². The predicted octanol–water partition coefficient (Wildman–Crippen LogP) is 3.32. The van der Waals surface area contributed by atoms with Crippen LogP contribution in [0.3, 0.4) is 0 Å². The number of nitrogens with one attached hydrogen (secondary N) is 2. The fourth-order valence-electron chi connectivity index (χ4n) is 3.70. The van der Waals surface area contributed by atoms with Gasteiger partial charge in [-0.2, -0.15) is 0 Å². The lowest BCUT2D eigenvalue weighted by atomic mass is 10.1. The van der Waals surface area contributed by atoms with Crippen molar-refractivity contribution < 1.29 is 14.2 Å². The Hall–Kier alpha value is -2.36. The van der Waals surface area contributed by atoms with Crippen LogP contribution in [0.1, 0.15) is 12.0 Å². The highest BCUT2D eigenvalue weighted by molar-refractivity contribution is 14.0. The second kappa shape index (κ2) is 12.5. The summed E-state index contributed by atoms with van der Waals surface area (Å²) in [5.74, 6) is 3.34. The molecule has 170 valence electrons. The molecule has 2 N–H and O–H groups in total. The summed E-state index contributed by atoms with van der Waals surface area (Å²) in [5.41, 5.74) is 2.29. The number of hydrogen-bond acceptors (Lipinski definition) is 5. The Balaban J connectivity index is 0.00000341. The summed E-state index contributed by atoms with van der Waals surface area (Å²) in [6.45, 7) is 2.64. The van der Waals surface area contributed by atoms with E-state index in [9.17, 15) is 0 Å². The lowest BCUT2D eigenvalue weighted by molar-refractivity contribution is 0.394. The largest absolute Gasteiger partial charge is 0.497 e. The van der Waals surface area contributed by atoms with Gasteiger partial charge >= 0.3 is 0 Å². The third-order valence-corrected chi connectivity index (χ3v) is 5.33. The third-order valence-electron chi connectivity index (χ3n) is 5.33. The average Bonchev–Trinajstić information content (AvgIpc) is 3.26. The van der Waals surface area contributed by atoms with E-state index in [1.165, 1.54) is 5.56 Å². The number of halogens is 1. The van der Waals surface area contributed by atoms with Gasteiger partial charge in [-0.1, -0.05) is 18.2 Å². The van der Waals surface area contributed by atoms with Crippen molar-refractivity contribution in [2.24, 2.45) is 4.99 Å². The van der Waals surface area contributed by atoms with Gasteiger partial charge < -0.3 is 29.7 Å². The van der Waals surface area contributed by atoms with E-state index in [0.29, 0.717) is 6.04 Å². The average molecular weight is 540 g/mol. The van der Waals surface area contributed by atoms with Crippen LogP contribution in [0.25, 0.3) is 0 Å². The summed E-state index contributed by atoms with van der Waals surface area (Å²) in [7, 11) is 6.86. The van der Waals surface area contributed by atoms with Crippen molar-refractivity contribution in [3.63, 3.8) is 0 Å². The van der Waals surface area contributed by atoms with Crippen LogP contribution in [-0.4, -0.2) is 60.0 Å². The molecule has 0 aliphatic carbocycles. The highest BCUT2D eigenvalue weighted by Crippen LogP contribution is 2.30. The molecule has 1 unspecified atom stereocenters. The van der Waals surface area contributed by atoms with Crippen molar-refractivity contribution in [3.05, 3.63) is 48.0 Å². The van der Waals surface area contributed by atoms with Gasteiger partial charge in [0.15, 0.2) is 5.96 Å². The zero-order valence-corrected chi connectivity index (χ0v) is 21.0. The van der Waals surface area contributed by atoms with E-state index in [-0.39, 0.29) is 24.0 Å². The van der Waals surface area contributed by atoms with Gasteiger partial charge in [-0.15, -0.1) is 24.0 Å². The first-order valence-corrected chi connectivity index (χ1v) is 10.2. The molecule has 3 rings (SSSR count). The second-order valence-electron chi connectivity index (χ2n) is 7.21. The van der Waals surface area contributed by atoms with Crippen LogP contribution in [-0.2, 0) is 6.42 Å². The molecule has 1 heterocycles. The van der Waals surface area contributed by atoms with Crippen molar-refractivity contribution in [1.82, 2.24) is 10.6 Å². The molecule has 0 bridgehead atoms. The lowest BCUT2D eigenvalue weighted by Crippen LogP contribution is -2.45.